The van der Waals surface area contributed by atoms with Gasteiger partial charge in [0.1, 0.15) is 5.75 Å². The molecule has 188 valence electrons. The molecular formula is C30H34N2O4. The lowest BCUT2D eigenvalue weighted by Crippen LogP contribution is -2.45. The molecule has 1 saturated heterocycles. The molecule has 0 aliphatic carbocycles. The minimum Gasteiger partial charge on any atom is -0.496 e. The first-order chi connectivity index (χ1) is 17.6. The zero-order valence-corrected chi connectivity index (χ0v) is 21.2. The molecule has 3 heterocycles. The maximum atomic E-state index is 13.3. The Morgan fingerprint density at radius 2 is 1.92 bits per heavy atom. The smallest absolute Gasteiger partial charge is 0.254 e. The largest absolute Gasteiger partial charge is 0.496 e. The van der Waals surface area contributed by atoms with Crippen molar-refractivity contribution in [2.75, 3.05) is 46.6 Å². The lowest BCUT2D eigenvalue weighted by molar-refractivity contribution is 0.0662. The molecule has 6 heteroatoms. The SMILES string of the molecule is COc1ccc2cc(CCN3CCCC(CN4CCc5cc6c(cc5C4=O)OCO6)C3)ccc2c1C. The van der Waals surface area contributed by atoms with Crippen molar-refractivity contribution in [1.29, 1.82) is 0 Å². The summed E-state index contributed by atoms with van der Waals surface area (Å²) in [6, 6.07) is 14.9. The van der Waals surface area contributed by atoms with E-state index in [1.54, 1.807) is 7.11 Å². The Morgan fingerprint density at radius 1 is 1.06 bits per heavy atom. The number of hydrogen-bond acceptors (Lipinski definition) is 5. The van der Waals surface area contributed by atoms with E-state index in [0.29, 0.717) is 11.7 Å². The Kier molecular flexibility index (Phi) is 6.22. The van der Waals surface area contributed by atoms with Crippen molar-refractivity contribution in [3.63, 3.8) is 0 Å². The molecule has 0 spiro atoms. The van der Waals surface area contributed by atoms with Gasteiger partial charge in [0.2, 0.25) is 6.79 Å². The third kappa shape index (κ3) is 4.39. The summed E-state index contributed by atoms with van der Waals surface area (Å²) < 4.78 is 16.5. The third-order valence-corrected chi connectivity index (χ3v) is 8.09. The number of carbonyl (C=O) groups is 1. The standard InChI is InChI=1S/C30H34N2O4/c1-20-25-7-5-21(14-23(25)6-8-27(20)34-2)9-12-31-11-3-4-22(17-31)18-32-13-10-24-15-28-29(36-19-35-28)16-26(24)30(32)33/h5-8,14-16,22H,3-4,9-13,17-19H2,1-2H3. The second kappa shape index (κ2) is 9.66. The number of carbonyl (C=O) groups excluding carboxylic acids is 1. The summed E-state index contributed by atoms with van der Waals surface area (Å²) in [7, 11) is 1.73. The lowest BCUT2D eigenvalue weighted by atomic mass is 9.93. The molecule has 0 bridgehead atoms. The highest BCUT2D eigenvalue weighted by atomic mass is 16.7. The number of nitrogens with zero attached hydrogens (tertiary/aromatic N) is 2. The van der Waals surface area contributed by atoms with E-state index >= 15 is 0 Å². The molecule has 3 aromatic rings. The summed E-state index contributed by atoms with van der Waals surface area (Å²) in [4.78, 5) is 17.9. The van der Waals surface area contributed by atoms with Gasteiger partial charge in [-0.15, -0.1) is 0 Å². The molecule has 1 fully saturated rings. The van der Waals surface area contributed by atoms with E-state index in [9.17, 15) is 4.79 Å². The molecule has 36 heavy (non-hydrogen) atoms. The van der Waals surface area contributed by atoms with Crippen molar-refractivity contribution in [3.8, 4) is 17.2 Å². The van der Waals surface area contributed by atoms with Crippen molar-refractivity contribution in [2.24, 2.45) is 5.92 Å². The van der Waals surface area contributed by atoms with Crippen LogP contribution in [0.4, 0.5) is 0 Å². The van der Waals surface area contributed by atoms with Crippen LogP contribution in [0.5, 0.6) is 17.2 Å². The predicted octanol–water partition coefficient (Wildman–Crippen LogP) is 4.84. The summed E-state index contributed by atoms with van der Waals surface area (Å²) in [6.07, 6.45) is 4.29. The van der Waals surface area contributed by atoms with Crippen LogP contribution in [0, 0.1) is 12.8 Å². The Morgan fingerprint density at radius 3 is 2.78 bits per heavy atom. The molecule has 0 radical (unpaired) electrons. The molecule has 0 N–H and O–H groups in total. The monoisotopic (exact) mass is 486 g/mol. The van der Waals surface area contributed by atoms with Gasteiger partial charge >= 0.3 is 0 Å². The highest BCUT2D eigenvalue weighted by molar-refractivity contribution is 5.97. The molecule has 6 rings (SSSR count). The van der Waals surface area contributed by atoms with E-state index < -0.39 is 0 Å². The number of benzene rings is 3. The van der Waals surface area contributed by atoms with Crippen LogP contribution in [-0.2, 0) is 12.8 Å². The fourth-order valence-corrected chi connectivity index (χ4v) is 6.09. The Bertz CT molecular complexity index is 1300. The van der Waals surface area contributed by atoms with E-state index in [1.165, 1.54) is 34.7 Å². The van der Waals surface area contributed by atoms with Gasteiger partial charge in [0, 0.05) is 31.7 Å². The fourth-order valence-electron chi connectivity index (χ4n) is 6.09. The number of piperidine rings is 1. The molecule has 6 nitrogen and oxygen atoms in total. The van der Waals surface area contributed by atoms with Gasteiger partial charge in [-0.25, -0.2) is 0 Å². The number of hydrogen-bond donors (Lipinski definition) is 0. The minimum atomic E-state index is 0.134. The summed E-state index contributed by atoms with van der Waals surface area (Å²) >= 11 is 0. The Hall–Kier alpha value is -3.25. The third-order valence-electron chi connectivity index (χ3n) is 8.09. The number of methoxy groups -OCH3 is 1. The first-order valence-electron chi connectivity index (χ1n) is 13.1. The number of rotatable bonds is 6. The maximum absolute atomic E-state index is 13.3. The van der Waals surface area contributed by atoms with Gasteiger partial charge in [0.25, 0.3) is 5.91 Å². The van der Waals surface area contributed by atoms with Gasteiger partial charge < -0.3 is 24.0 Å². The summed E-state index contributed by atoms with van der Waals surface area (Å²) in [5.74, 6) is 3.05. The zero-order chi connectivity index (χ0) is 24.6. The molecule has 3 aromatic carbocycles. The average Bonchev–Trinajstić information content (AvgIpc) is 3.36. The van der Waals surface area contributed by atoms with Crippen molar-refractivity contribution in [2.45, 2.75) is 32.6 Å². The highest BCUT2D eigenvalue weighted by Gasteiger charge is 2.30. The normalized spacial score (nSPS) is 19.6. The first kappa shape index (κ1) is 23.2. The van der Waals surface area contributed by atoms with Gasteiger partial charge in [-0.3, -0.25) is 4.79 Å². The highest BCUT2D eigenvalue weighted by Crippen LogP contribution is 2.37. The molecule has 1 unspecified atom stereocenters. The lowest BCUT2D eigenvalue weighted by Gasteiger charge is -2.37. The van der Waals surface area contributed by atoms with Crippen LogP contribution in [0.1, 0.15) is 39.9 Å². The Balaban J connectivity index is 1.07. The van der Waals surface area contributed by atoms with Crippen LogP contribution in [0.2, 0.25) is 0 Å². The predicted molar refractivity (Wildman–Crippen MR) is 140 cm³/mol. The fraction of sp³-hybridized carbons (Fsp3) is 0.433. The molecule has 1 amide bonds. The average molecular weight is 487 g/mol. The van der Waals surface area contributed by atoms with Crippen LogP contribution >= 0.6 is 0 Å². The molecule has 0 saturated carbocycles. The molecule has 3 aliphatic rings. The van der Waals surface area contributed by atoms with Crippen LogP contribution in [-0.4, -0.2) is 62.3 Å². The Labute approximate surface area is 212 Å². The van der Waals surface area contributed by atoms with Crippen molar-refractivity contribution >= 4 is 16.7 Å². The maximum Gasteiger partial charge on any atom is 0.254 e. The quantitative estimate of drug-likeness (QED) is 0.499. The van der Waals surface area contributed by atoms with Gasteiger partial charge in [0.05, 0.1) is 7.11 Å². The van der Waals surface area contributed by atoms with Crippen LogP contribution in [0.3, 0.4) is 0 Å². The zero-order valence-electron chi connectivity index (χ0n) is 21.2. The van der Waals surface area contributed by atoms with E-state index in [2.05, 4.69) is 47.1 Å². The van der Waals surface area contributed by atoms with E-state index in [-0.39, 0.29) is 12.7 Å². The van der Waals surface area contributed by atoms with E-state index in [1.807, 2.05) is 12.1 Å². The number of aryl methyl sites for hydroxylation is 1. The van der Waals surface area contributed by atoms with Gasteiger partial charge in [-0.1, -0.05) is 24.3 Å². The first-order valence-corrected chi connectivity index (χ1v) is 13.1. The summed E-state index contributed by atoms with van der Waals surface area (Å²) in [5, 5.41) is 2.53. The molecule has 0 aromatic heterocycles. The second-order valence-corrected chi connectivity index (χ2v) is 10.4. The van der Waals surface area contributed by atoms with Crippen molar-refractivity contribution in [1.82, 2.24) is 9.80 Å². The molecule has 1 atom stereocenters. The van der Waals surface area contributed by atoms with Gasteiger partial charge in [-0.05, 0) is 90.7 Å². The number of fused-ring (bicyclic) bond motifs is 3. The minimum absolute atomic E-state index is 0.134. The van der Waals surface area contributed by atoms with Crippen molar-refractivity contribution < 1.29 is 19.0 Å². The van der Waals surface area contributed by atoms with E-state index in [0.717, 1.165) is 68.2 Å². The molecule has 3 aliphatic heterocycles. The number of ether oxygens (including phenoxy) is 3. The van der Waals surface area contributed by atoms with Crippen LogP contribution in [0.15, 0.2) is 42.5 Å². The van der Waals surface area contributed by atoms with Crippen LogP contribution < -0.4 is 14.2 Å². The number of likely N-dealkylation sites (tertiary alicyclic amines) is 1. The van der Waals surface area contributed by atoms with Gasteiger partial charge in [0.15, 0.2) is 11.5 Å². The van der Waals surface area contributed by atoms with Crippen LogP contribution in [0.25, 0.3) is 10.8 Å². The molecular weight excluding hydrogens is 452 g/mol. The number of amides is 1. The summed E-state index contributed by atoms with van der Waals surface area (Å²) in [6.45, 7) is 7.22. The van der Waals surface area contributed by atoms with Crippen molar-refractivity contribution in [3.05, 3.63) is 64.7 Å². The van der Waals surface area contributed by atoms with E-state index in [4.69, 9.17) is 14.2 Å². The van der Waals surface area contributed by atoms with Gasteiger partial charge in [-0.2, -0.15) is 0 Å². The second-order valence-electron chi connectivity index (χ2n) is 10.4. The summed E-state index contributed by atoms with van der Waals surface area (Å²) in [5.41, 5.74) is 4.42. The topological polar surface area (TPSA) is 51.2 Å².